The van der Waals surface area contributed by atoms with Crippen LogP contribution < -0.4 is 5.32 Å². The Morgan fingerprint density at radius 2 is 1.96 bits per heavy atom. The van der Waals surface area contributed by atoms with E-state index in [4.69, 9.17) is 9.47 Å². The highest BCUT2D eigenvalue weighted by Crippen LogP contribution is 2.25. The highest BCUT2D eigenvalue weighted by Gasteiger charge is 2.20. The smallest absolute Gasteiger partial charge is 0.341 e. The predicted molar refractivity (Wildman–Crippen MR) is 93.7 cm³/mol. The zero-order valence-electron chi connectivity index (χ0n) is 14.1. The number of ether oxygens (including phenoxy) is 2. The van der Waals surface area contributed by atoms with Crippen molar-refractivity contribution in [1.29, 1.82) is 0 Å². The Labute approximate surface area is 145 Å². The molecular formula is C18H20N2O5. The van der Waals surface area contributed by atoms with Crippen molar-refractivity contribution in [1.82, 2.24) is 0 Å². The van der Waals surface area contributed by atoms with Crippen molar-refractivity contribution in [2.45, 2.75) is 13.0 Å². The van der Waals surface area contributed by atoms with Gasteiger partial charge >= 0.3 is 5.97 Å². The van der Waals surface area contributed by atoms with Crippen LogP contribution in [0.2, 0.25) is 0 Å². The van der Waals surface area contributed by atoms with Gasteiger partial charge in [-0.2, -0.15) is 0 Å². The molecule has 0 aliphatic carbocycles. The molecule has 0 unspecified atom stereocenters. The molecule has 7 nitrogen and oxygen atoms in total. The molecule has 0 heterocycles. The second-order valence-electron chi connectivity index (χ2n) is 5.36. The molecule has 0 saturated heterocycles. The zero-order valence-corrected chi connectivity index (χ0v) is 14.1. The van der Waals surface area contributed by atoms with Gasteiger partial charge in [-0.3, -0.25) is 10.1 Å². The van der Waals surface area contributed by atoms with Crippen molar-refractivity contribution in [3.05, 3.63) is 69.8 Å². The maximum absolute atomic E-state index is 12.5. The maximum Gasteiger partial charge on any atom is 0.341 e. The quantitative estimate of drug-likeness (QED) is 0.341. The Bertz CT molecular complexity index is 734. The fraction of sp³-hybridized carbons (Fsp3) is 0.278. The third kappa shape index (κ3) is 5.02. The summed E-state index contributed by atoms with van der Waals surface area (Å²) in [6.07, 6.45) is -0.472. The summed E-state index contributed by atoms with van der Waals surface area (Å²) in [7, 11) is 1.56. The molecule has 132 valence electrons. The number of benzene rings is 2. The summed E-state index contributed by atoms with van der Waals surface area (Å²) in [4.78, 5) is 23.0. The van der Waals surface area contributed by atoms with Gasteiger partial charge in [0.1, 0.15) is 6.10 Å². The van der Waals surface area contributed by atoms with Crippen LogP contribution in [0.15, 0.2) is 48.5 Å². The Hall–Kier alpha value is -2.93. The molecule has 2 rings (SSSR count). The van der Waals surface area contributed by atoms with Gasteiger partial charge in [-0.1, -0.05) is 30.3 Å². The topological polar surface area (TPSA) is 90.7 Å². The number of methoxy groups -OCH3 is 1. The van der Waals surface area contributed by atoms with Gasteiger partial charge in [0.25, 0.3) is 5.69 Å². The minimum Gasteiger partial charge on any atom is -0.454 e. The number of hydrogen-bond acceptors (Lipinski definition) is 6. The number of nitrogens with zero attached hydrogens (tertiary/aromatic N) is 1. The number of nitrogens with one attached hydrogen (secondary N) is 1. The first kappa shape index (κ1) is 18.4. The number of nitro benzene ring substituents is 1. The number of nitro groups is 1. The Kier molecular flexibility index (Phi) is 6.47. The van der Waals surface area contributed by atoms with E-state index >= 15 is 0 Å². The predicted octanol–water partition coefficient (Wildman–Crippen LogP) is 3.57. The number of non-ortho nitro benzene ring substituents is 1. The minimum atomic E-state index is -0.625. The van der Waals surface area contributed by atoms with Crippen molar-refractivity contribution in [2.24, 2.45) is 0 Å². The summed E-state index contributed by atoms with van der Waals surface area (Å²) < 4.78 is 10.4. The number of carbonyl (C=O) groups excluding carboxylic acids is 1. The lowest BCUT2D eigenvalue weighted by molar-refractivity contribution is -0.384. The molecule has 0 radical (unpaired) electrons. The van der Waals surface area contributed by atoms with E-state index in [1.165, 1.54) is 18.2 Å². The Morgan fingerprint density at radius 3 is 2.60 bits per heavy atom. The standard InChI is InChI=1S/C18H20N2O5/c1-13(14-6-4-3-5-7-14)25-18(21)16-12-15(20(22)23)8-9-17(16)19-10-11-24-2/h3-9,12-13,19H,10-11H2,1-2H3/t13-/m0/s1. The van der Waals surface area contributed by atoms with Crippen molar-refractivity contribution >= 4 is 17.3 Å². The van der Waals surface area contributed by atoms with Crippen LogP contribution in [0.1, 0.15) is 28.9 Å². The van der Waals surface area contributed by atoms with Crippen molar-refractivity contribution < 1.29 is 19.2 Å². The minimum absolute atomic E-state index is 0.119. The number of anilines is 1. The third-order valence-corrected chi connectivity index (χ3v) is 3.61. The molecule has 0 fully saturated rings. The second-order valence-corrected chi connectivity index (χ2v) is 5.36. The molecule has 2 aromatic carbocycles. The molecule has 0 bridgehead atoms. The molecule has 0 aliphatic heterocycles. The van der Waals surface area contributed by atoms with Crippen LogP contribution >= 0.6 is 0 Å². The largest absolute Gasteiger partial charge is 0.454 e. The van der Waals surface area contributed by atoms with Crippen LogP contribution in [0.3, 0.4) is 0 Å². The average Bonchev–Trinajstić information content (AvgIpc) is 2.62. The highest BCUT2D eigenvalue weighted by molar-refractivity contribution is 5.96. The first-order valence-corrected chi connectivity index (χ1v) is 7.80. The molecule has 1 N–H and O–H groups in total. The molecule has 0 saturated carbocycles. The van der Waals surface area contributed by atoms with E-state index in [1.807, 2.05) is 30.3 Å². The summed E-state index contributed by atoms with van der Waals surface area (Å²) in [6, 6.07) is 13.3. The van der Waals surface area contributed by atoms with Gasteiger partial charge in [0.05, 0.1) is 17.1 Å². The Balaban J connectivity index is 2.22. The molecule has 0 aliphatic rings. The Morgan fingerprint density at radius 1 is 1.24 bits per heavy atom. The van der Waals surface area contributed by atoms with E-state index in [0.717, 1.165) is 5.56 Å². The van der Waals surface area contributed by atoms with Crippen LogP contribution in [-0.2, 0) is 9.47 Å². The average molecular weight is 344 g/mol. The monoisotopic (exact) mass is 344 g/mol. The molecule has 1 atom stereocenters. The van der Waals surface area contributed by atoms with Gasteiger partial charge in [0.2, 0.25) is 0 Å². The van der Waals surface area contributed by atoms with Crippen molar-refractivity contribution in [3.63, 3.8) is 0 Å². The van der Waals surface area contributed by atoms with Gasteiger partial charge in [-0.25, -0.2) is 4.79 Å². The summed E-state index contributed by atoms with van der Waals surface area (Å²) in [6.45, 7) is 2.65. The van der Waals surface area contributed by atoms with Crippen LogP contribution in [-0.4, -0.2) is 31.2 Å². The lowest BCUT2D eigenvalue weighted by Crippen LogP contribution is -2.15. The van der Waals surface area contributed by atoms with E-state index in [-0.39, 0.29) is 11.3 Å². The van der Waals surface area contributed by atoms with E-state index < -0.39 is 17.0 Å². The van der Waals surface area contributed by atoms with E-state index in [1.54, 1.807) is 14.0 Å². The van der Waals surface area contributed by atoms with Crippen LogP contribution in [0.4, 0.5) is 11.4 Å². The first-order valence-electron chi connectivity index (χ1n) is 7.80. The van der Waals surface area contributed by atoms with E-state index in [2.05, 4.69) is 5.32 Å². The normalized spacial score (nSPS) is 11.6. The summed E-state index contributed by atoms with van der Waals surface area (Å²) >= 11 is 0. The molecule has 25 heavy (non-hydrogen) atoms. The van der Waals surface area contributed by atoms with E-state index in [9.17, 15) is 14.9 Å². The fourth-order valence-corrected chi connectivity index (χ4v) is 2.27. The van der Waals surface area contributed by atoms with E-state index in [0.29, 0.717) is 18.8 Å². The van der Waals surface area contributed by atoms with Gasteiger partial charge in [0, 0.05) is 31.5 Å². The van der Waals surface area contributed by atoms with Crippen molar-refractivity contribution in [3.8, 4) is 0 Å². The number of hydrogen-bond donors (Lipinski definition) is 1. The SMILES string of the molecule is COCCNc1ccc([N+](=O)[O-])cc1C(=O)O[C@@H](C)c1ccccc1. The van der Waals surface area contributed by atoms with Gasteiger partial charge in [-0.05, 0) is 18.6 Å². The number of rotatable bonds is 8. The third-order valence-electron chi connectivity index (χ3n) is 3.61. The number of carbonyl (C=O) groups is 1. The lowest BCUT2D eigenvalue weighted by atomic mass is 10.1. The zero-order chi connectivity index (χ0) is 18.2. The number of esters is 1. The molecule has 7 heteroatoms. The van der Waals surface area contributed by atoms with Gasteiger partial charge < -0.3 is 14.8 Å². The second kappa shape index (κ2) is 8.79. The molecular weight excluding hydrogens is 324 g/mol. The highest BCUT2D eigenvalue weighted by atomic mass is 16.6. The van der Waals surface area contributed by atoms with Crippen LogP contribution in [0.25, 0.3) is 0 Å². The summed E-state index contributed by atoms with van der Waals surface area (Å²) in [5, 5.41) is 14.0. The van der Waals surface area contributed by atoms with Gasteiger partial charge in [-0.15, -0.1) is 0 Å². The van der Waals surface area contributed by atoms with Crippen LogP contribution in [0.5, 0.6) is 0 Å². The van der Waals surface area contributed by atoms with Crippen molar-refractivity contribution in [2.75, 3.05) is 25.6 Å². The first-order chi connectivity index (χ1) is 12.0. The van der Waals surface area contributed by atoms with Gasteiger partial charge in [0.15, 0.2) is 0 Å². The summed E-state index contributed by atoms with van der Waals surface area (Å²) in [5.41, 5.74) is 1.26. The molecule has 0 aromatic heterocycles. The molecule has 0 amide bonds. The maximum atomic E-state index is 12.5. The van der Waals surface area contributed by atoms with Crippen LogP contribution in [0, 0.1) is 10.1 Å². The fourth-order valence-electron chi connectivity index (χ4n) is 2.27. The molecule has 2 aromatic rings. The summed E-state index contributed by atoms with van der Waals surface area (Å²) in [5.74, 6) is -0.625. The molecule has 0 spiro atoms. The lowest BCUT2D eigenvalue weighted by Gasteiger charge is -2.16.